The fraction of sp³-hybridized carbons (Fsp3) is 0.667. The zero-order valence-electron chi connectivity index (χ0n) is 13.5. The van der Waals surface area contributed by atoms with Crippen molar-refractivity contribution in [3.05, 3.63) is 35.4 Å². The van der Waals surface area contributed by atoms with Gasteiger partial charge in [-0.25, -0.2) is 8.78 Å². The predicted molar refractivity (Wildman–Crippen MR) is 84.2 cm³/mol. The van der Waals surface area contributed by atoms with Gasteiger partial charge in [-0.05, 0) is 50.3 Å². The fourth-order valence-electron chi connectivity index (χ4n) is 4.17. The lowest BCUT2D eigenvalue weighted by molar-refractivity contribution is 0.0961. The highest BCUT2D eigenvalue weighted by Crippen LogP contribution is 2.35. The van der Waals surface area contributed by atoms with Crippen LogP contribution < -0.4 is 5.32 Å². The van der Waals surface area contributed by atoms with Crippen LogP contribution >= 0.6 is 0 Å². The van der Waals surface area contributed by atoms with Gasteiger partial charge in [-0.3, -0.25) is 4.90 Å². The highest BCUT2D eigenvalue weighted by Gasteiger charge is 2.40. The third-order valence-electron chi connectivity index (χ3n) is 5.45. The van der Waals surface area contributed by atoms with Crippen molar-refractivity contribution < 1.29 is 13.5 Å². The van der Waals surface area contributed by atoms with Crippen molar-refractivity contribution in [2.24, 2.45) is 0 Å². The molecular weight excluding hydrogens is 298 g/mol. The van der Waals surface area contributed by atoms with E-state index in [0.717, 1.165) is 31.0 Å². The van der Waals surface area contributed by atoms with Crippen LogP contribution in [0.25, 0.3) is 0 Å². The number of benzene rings is 1. The molecule has 0 bridgehead atoms. The fourth-order valence-corrected chi connectivity index (χ4v) is 4.17. The summed E-state index contributed by atoms with van der Waals surface area (Å²) in [5, 5.41) is 3.72. The van der Waals surface area contributed by atoms with Gasteiger partial charge in [0.2, 0.25) is 0 Å². The molecule has 4 rings (SSSR count). The van der Waals surface area contributed by atoms with Crippen molar-refractivity contribution in [1.29, 1.82) is 0 Å². The number of hydrogen-bond acceptors (Lipinski definition) is 3. The van der Waals surface area contributed by atoms with Crippen LogP contribution in [0.5, 0.6) is 0 Å². The van der Waals surface area contributed by atoms with Crippen molar-refractivity contribution in [2.75, 3.05) is 13.2 Å². The van der Waals surface area contributed by atoms with E-state index >= 15 is 0 Å². The predicted octanol–water partition coefficient (Wildman–Crippen LogP) is 3.01. The van der Waals surface area contributed by atoms with Gasteiger partial charge in [-0.15, -0.1) is 0 Å². The summed E-state index contributed by atoms with van der Waals surface area (Å²) in [7, 11) is 0. The standard InChI is InChI=1S/C18H24F2N2O/c1-11-8-13(10-22(11)14-3-4-14)21-17-6-7-23-18(17)12-2-5-15(19)16(20)9-12/h2,5,9,11,13-14,17-18,21H,3-4,6-8,10H2,1H3. The molecule has 2 saturated heterocycles. The van der Waals surface area contributed by atoms with E-state index in [4.69, 9.17) is 4.74 Å². The Morgan fingerprint density at radius 1 is 1.17 bits per heavy atom. The van der Waals surface area contributed by atoms with Crippen molar-refractivity contribution in [1.82, 2.24) is 10.2 Å². The van der Waals surface area contributed by atoms with E-state index in [2.05, 4.69) is 17.1 Å². The van der Waals surface area contributed by atoms with Gasteiger partial charge in [0.1, 0.15) is 0 Å². The molecule has 2 aliphatic heterocycles. The number of ether oxygens (including phenoxy) is 1. The second kappa shape index (κ2) is 6.11. The minimum atomic E-state index is -0.805. The van der Waals surface area contributed by atoms with Crippen molar-refractivity contribution in [2.45, 2.75) is 62.9 Å². The number of nitrogens with zero attached hydrogens (tertiary/aromatic N) is 1. The summed E-state index contributed by atoms with van der Waals surface area (Å²) < 4.78 is 32.5. The van der Waals surface area contributed by atoms with Crippen LogP contribution in [0.2, 0.25) is 0 Å². The topological polar surface area (TPSA) is 24.5 Å². The van der Waals surface area contributed by atoms with Crippen molar-refractivity contribution in [3.63, 3.8) is 0 Å². The summed E-state index contributed by atoms with van der Waals surface area (Å²) in [5.41, 5.74) is 0.726. The maximum Gasteiger partial charge on any atom is 0.159 e. The maximum atomic E-state index is 13.5. The first kappa shape index (κ1) is 15.5. The molecule has 0 spiro atoms. The lowest BCUT2D eigenvalue weighted by Gasteiger charge is -2.24. The smallest absolute Gasteiger partial charge is 0.159 e. The summed E-state index contributed by atoms with van der Waals surface area (Å²) in [6.45, 7) is 4.06. The molecule has 1 aromatic rings. The minimum absolute atomic E-state index is 0.177. The maximum absolute atomic E-state index is 13.5. The molecule has 3 nitrogen and oxygen atoms in total. The highest BCUT2D eigenvalue weighted by molar-refractivity contribution is 5.22. The van der Waals surface area contributed by atoms with E-state index in [9.17, 15) is 8.78 Å². The van der Waals surface area contributed by atoms with E-state index in [1.54, 1.807) is 6.07 Å². The first-order valence-electron chi connectivity index (χ1n) is 8.70. The van der Waals surface area contributed by atoms with E-state index in [0.29, 0.717) is 18.7 Å². The van der Waals surface area contributed by atoms with Crippen LogP contribution in [0.1, 0.15) is 44.3 Å². The Kier molecular flexibility index (Phi) is 4.12. The minimum Gasteiger partial charge on any atom is -0.372 e. The average molecular weight is 322 g/mol. The Labute approximate surface area is 136 Å². The summed E-state index contributed by atoms with van der Waals surface area (Å²) in [5.74, 6) is -1.60. The van der Waals surface area contributed by atoms with Gasteiger partial charge in [-0.2, -0.15) is 0 Å². The molecule has 0 aromatic heterocycles. The van der Waals surface area contributed by atoms with Gasteiger partial charge in [0.25, 0.3) is 0 Å². The van der Waals surface area contributed by atoms with E-state index in [1.807, 2.05) is 0 Å². The van der Waals surface area contributed by atoms with Crippen LogP contribution in [-0.2, 0) is 4.74 Å². The van der Waals surface area contributed by atoms with Crippen LogP contribution in [-0.4, -0.2) is 42.2 Å². The molecule has 1 N–H and O–H groups in total. The SMILES string of the molecule is CC1CC(NC2CCOC2c2ccc(F)c(F)c2)CN1C1CC1. The molecule has 2 heterocycles. The number of hydrogen-bond donors (Lipinski definition) is 1. The highest BCUT2D eigenvalue weighted by atomic mass is 19.2. The Morgan fingerprint density at radius 2 is 2.00 bits per heavy atom. The number of nitrogens with one attached hydrogen (secondary N) is 1. The number of rotatable bonds is 4. The monoisotopic (exact) mass is 322 g/mol. The molecule has 1 aliphatic carbocycles. The largest absolute Gasteiger partial charge is 0.372 e. The average Bonchev–Trinajstić information content (AvgIpc) is 3.16. The van der Waals surface area contributed by atoms with Crippen LogP contribution in [0.3, 0.4) is 0 Å². The molecule has 5 heteroatoms. The van der Waals surface area contributed by atoms with Crippen molar-refractivity contribution in [3.8, 4) is 0 Å². The lowest BCUT2D eigenvalue weighted by Crippen LogP contribution is -2.41. The number of halogens is 2. The van der Waals surface area contributed by atoms with E-state index < -0.39 is 11.6 Å². The quantitative estimate of drug-likeness (QED) is 0.922. The Morgan fingerprint density at radius 3 is 2.74 bits per heavy atom. The lowest BCUT2D eigenvalue weighted by atomic mass is 10.0. The Hall–Kier alpha value is -1.04. The summed E-state index contributed by atoms with van der Waals surface area (Å²) in [4.78, 5) is 2.61. The second-order valence-corrected chi connectivity index (χ2v) is 7.24. The van der Waals surface area contributed by atoms with Crippen LogP contribution in [0.15, 0.2) is 18.2 Å². The van der Waals surface area contributed by atoms with Gasteiger partial charge in [0.15, 0.2) is 11.6 Å². The first-order valence-corrected chi connectivity index (χ1v) is 8.70. The molecular formula is C18H24F2N2O. The second-order valence-electron chi connectivity index (χ2n) is 7.24. The van der Waals surface area contributed by atoms with Crippen LogP contribution in [0, 0.1) is 11.6 Å². The van der Waals surface area contributed by atoms with Gasteiger partial charge >= 0.3 is 0 Å². The van der Waals surface area contributed by atoms with Gasteiger partial charge in [0, 0.05) is 37.3 Å². The number of likely N-dealkylation sites (tertiary alicyclic amines) is 1. The Bertz CT molecular complexity index is 578. The van der Waals surface area contributed by atoms with E-state index in [1.165, 1.54) is 25.0 Å². The first-order chi connectivity index (χ1) is 11.1. The van der Waals surface area contributed by atoms with Gasteiger partial charge < -0.3 is 10.1 Å². The summed E-state index contributed by atoms with van der Waals surface area (Å²) in [6.07, 6.45) is 4.55. The molecule has 4 unspecified atom stereocenters. The van der Waals surface area contributed by atoms with E-state index in [-0.39, 0.29) is 12.1 Å². The molecule has 3 fully saturated rings. The van der Waals surface area contributed by atoms with Gasteiger partial charge in [-0.1, -0.05) is 6.07 Å². The molecule has 0 radical (unpaired) electrons. The molecule has 3 aliphatic rings. The molecule has 126 valence electrons. The molecule has 23 heavy (non-hydrogen) atoms. The third kappa shape index (κ3) is 3.14. The molecule has 1 saturated carbocycles. The summed E-state index contributed by atoms with van der Waals surface area (Å²) >= 11 is 0. The molecule has 1 aromatic carbocycles. The molecule has 4 atom stereocenters. The Balaban J connectivity index is 1.42. The summed E-state index contributed by atoms with van der Waals surface area (Å²) in [6, 6.07) is 6.16. The van der Waals surface area contributed by atoms with Gasteiger partial charge in [0.05, 0.1) is 6.10 Å². The zero-order valence-corrected chi connectivity index (χ0v) is 13.5. The third-order valence-corrected chi connectivity index (χ3v) is 5.45. The molecule has 0 amide bonds. The zero-order chi connectivity index (χ0) is 16.0. The van der Waals surface area contributed by atoms with Crippen LogP contribution in [0.4, 0.5) is 8.78 Å². The van der Waals surface area contributed by atoms with Crippen molar-refractivity contribution >= 4 is 0 Å². The normalized spacial score (nSPS) is 35.1.